The number of amides is 1. The van der Waals surface area contributed by atoms with Crippen molar-refractivity contribution in [3.63, 3.8) is 0 Å². The van der Waals surface area contributed by atoms with E-state index in [4.69, 9.17) is 0 Å². The summed E-state index contributed by atoms with van der Waals surface area (Å²) in [5, 5.41) is 0. The molecule has 100 valence electrons. The number of benzene rings is 2. The minimum atomic E-state index is -0.469. The monoisotopic (exact) mass is 347 g/mol. The summed E-state index contributed by atoms with van der Waals surface area (Å²) in [4.78, 5) is 26.9. The maximum Gasteiger partial charge on any atom is 0.299 e. The van der Waals surface area contributed by atoms with Crippen LogP contribution in [0.15, 0.2) is 56.7 Å². The molecule has 2 aromatic carbocycles. The van der Waals surface area contributed by atoms with Gasteiger partial charge in [-0.1, -0.05) is 23.9 Å². The number of hydrogen-bond acceptors (Lipinski definition) is 3. The van der Waals surface area contributed by atoms with Gasteiger partial charge in [0.1, 0.15) is 0 Å². The number of likely N-dealkylation sites (N-methyl/N-ethyl adjacent to an activating group) is 1. The molecule has 0 aliphatic carbocycles. The Morgan fingerprint density at radius 2 is 1.85 bits per heavy atom. The van der Waals surface area contributed by atoms with Crippen LogP contribution >= 0.6 is 27.7 Å². The van der Waals surface area contributed by atoms with Crippen LogP contribution in [0.4, 0.5) is 5.69 Å². The van der Waals surface area contributed by atoms with E-state index in [-0.39, 0.29) is 0 Å². The smallest absolute Gasteiger partial charge is 0.299 e. The Bertz CT molecular complexity index is 730. The Kier molecular flexibility index (Phi) is 3.40. The van der Waals surface area contributed by atoms with Crippen molar-refractivity contribution in [2.45, 2.75) is 9.79 Å². The highest BCUT2D eigenvalue weighted by atomic mass is 79.9. The third-order valence-electron chi connectivity index (χ3n) is 3.14. The van der Waals surface area contributed by atoms with Gasteiger partial charge in [0.25, 0.3) is 11.7 Å². The van der Waals surface area contributed by atoms with E-state index in [0.717, 1.165) is 14.3 Å². The van der Waals surface area contributed by atoms with Gasteiger partial charge in [0.15, 0.2) is 0 Å². The molecule has 20 heavy (non-hydrogen) atoms. The number of fused-ring (bicyclic) bond motifs is 1. The number of Topliss-reactive ketones (excluding diaryl/α,β-unsaturated/α-hetero) is 1. The highest BCUT2D eigenvalue weighted by Gasteiger charge is 2.33. The van der Waals surface area contributed by atoms with E-state index in [1.807, 2.05) is 36.4 Å². The van der Waals surface area contributed by atoms with Crippen LogP contribution in [0.1, 0.15) is 10.4 Å². The molecule has 3 rings (SSSR count). The second-order valence-electron chi connectivity index (χ2n) is 4.40. The van der Waals surface area contributed by atoms with E-state index in [1.165, 1.54) is 4.90 Å². The van der Waals surface area contributed by atoms with Crippen molar-refractivity contribution in [3.05, 3.63) is 52.5 Å². The zero-order chi connectivity index (χ0) is 14.3. The number of hydrogen-bond donors (Lipinski definition) is 0. The fourth-order valence-corrected chi connectivity index (χ4v) is 3.48. The average molecular weight is 348 g/mol. The maximum atomic E-state index is 11.7. The standard InChI is InChI=1S/C15H10BrNO2S/c1-17-12-8-9(6-7-10(12)14(18)15(17)19)20-13-5-3-2-4-11(13)16/h2-8H,1H3. The van der Waals surface area contributed by atoms with Gasteiger partial charge < -0.3 is 4.90 Å². The second kappa shape index (κ2) is 5.07. The van der Waals surface area contributed by atoms with Crippen molar-refractivity contribution >= 4 is 45.1 Å². The lowest BCUT2D eigenvalue weighted by molar-refractivity contribution is -0.114. The number of nitrogens with zero attached hydrogens (tertiary/aromatic N) is 1. The minimum absolute atomic E-state index is 0.431. The summed E-state index contributed by atoms with van der Waals surface area (Å²) in [6, 6.07) is 13.4. The molecule has 1 aliphatic heterocycles. The first-order valence-corrected chi connectivity index (χ1v) is 7.57. The highest BCUT2D eigenvalue weighted by molar-refractivity contribution is 9.10. The molecule has 0 fully saturated rings. The molecule has 0 radical (unpaired) electrons. The van der Waals surface area contributed by atoms with Crippen LogP contribution < -0.4 is 4.90 Å². The fraction of sp³-hybridized carbons (Fsp3) is 0.0667. The lowest BCUT2D eigenvalue weighted by atomic mass is 10.1. The van der Waals surface area contributed by atoms with Crippen LogP contribution in [0.3, 0.4) is 0 Å². The van der Waals surface area contributed by atoms with Crippen molar-refractivity contribution in [1.29, 1.82) is 0 Å². The molecule has 0 atom stereocenters. The number of carbonyl (C=O) groups excluding carboxylic acids is 2. The number of rotatable bonds is 2. The molecule has 0 unspecified atom stereocenters. The van der Waals surface area contributed by atoms with Crippen molar-refractivity contribution in [2.24, 2.45) is 0 Å². The van der Waals surface area contributed by atoms with E-state index in [2.05, 4.69) is 15.9 Å². The number of halogens is 1. The van der Waals surface area contributed by atoms with Gasteiger partial charge in [-0.2, -0.15) is 0 Å². The Morgan fingerprint density at radius 1 is 1.10 bits per heavy atom. The zero-order valence-electron chi connectivity index (χ0n) is 10.6. The summed E-state index contributed by atoms with van der Waals surface area (Å²) in [5.41, 5.74) is 1.16. The maximum absolute atomic E-state index is 11.7. The van der Waals surface area contributed by atoms with E-state index in [0.29, 0.717) is 11.3 Å². The summed E-state index contributed by atoms with van der Waals surface area (Å²) in [5.74, 6) is -0.900. The summed E-state index contributed by atoms with van der Waals surface area (Å²) < 4.78 is 1.02. The van der Waals surface area contributed by atoms with Crippen LogP contribution in [-0.4, -0.2) is 18.7 Å². The zero-order valence-corrected chi connectivity index (χ0v) is 13.0. The SMILES string of the molecule is CN1C(=O)C(=O)c2ccc(Sc3ccccc3Br)cc21. The first-order chi connectivity index (χ1) is 9.58. The molecule has 5 heteroatoms. The van der Waals surface area contributed by atoms with Crippen LogP contribution in [0.25, 0.3) is 0 Å². The Labute approximate surface area is 129 Å². The van der Waals surface area contributed by atoms with Crippen molar-refractivity contribution in [3.8, 4) is 0 Å². The van der Waals surface area contributed by atoms with Gasteiger partial charge in [0.2, 0.25) is 0 Å². The Morgan fingerprint density at radius 3 is 2.60 bits per heavy atom. The van der Waals surface area contributed by atoms with Crippen LogP contribution in [0.2, 0.25) is 0 Å². The van der Waals surface area contributed by atoms with Gasteiger partial charge in [0.05, 0.1) is 11.3 Å². The van der Waals surface area contributed by atoms with Gasteiger partial charge in [0, 0.05) is 21.3 Å². The first-order valence-electron chi connectivity index (χ1n) is 5.97. The summed E-state index contributed by atoms with van der Waals surface area (Å²) in [6.07, 6.45) is 0. The number of anilines is 1. The summed E-state index contributed by atoms with van der Waals surface area (Å²) in [6.45, 7) is 0. The summed E-state index contributed by atoms with van der Waals surface area (Å²) >= 11 is 5.10. The molecule has 1 aliphatic rings. The largest absolute Gasteiger partial charge is 0.308 e. The molecule has 1 amide bonds. The molecule has 3 nitrogen and oxygen atoms in total. The minimum Gasteiger partial charge on any atom is -0.308 e. The van der Waals surface area contributed by atoms with Crippen molar-refractivity contribution in [2.75, 3.05) is 11.9 Å². The lowest BCUT2D eigenvalue weighted by Crippen LogP contribution is -2.24. The first kappa shape index (κ1) is 13.4. The van der Waals surface area contributed by atoms with Crippen molar-refractivity contribution in [1.82, 2.24) is 0 Å². The van der Waals surface area contributed by atoms with Gasteiger partial charge in [-0.3, -0.25) is 9.59 Å². The molecular weight excluding hydrogens is 338 g/mol. The van der Waals surface area contributed by atoms with Gasteiger partial charge >= 0.3 is 0 Å². The third kappa shape index (κ3) is 2.17. The fourth-order valence-electron chi connectivity index (χ4n) is 2.08. The van der Waals surface area contributed by atoms with E-state index in [9.17, 15) is 9.59 Å². The average Bonchev–Trinajstić information content (AvgIpc) is 2.66. The molecule has 0 saturated heterocycles. The van der Waals surface area contributed by atoms with Crippen LogP contribution in [0.5, 0.6) is 0 Å². The quantitative estimate of drug-likeness (QED) is 0.776. The topological polar surface area (TPSA) is 37.4 Å². The number of carbonyl (C=O) groups is 2. The number of ketones is 1. The molecule has 0 saturated carbocycles. The van der Waals surface area contributed by atoms with E-state index < -0.39 is 11.7 Å². The highest BCUT2D eigenvalue weighted by Crippen LogP contribution is 2.37. The van der Waals surface area contributed by atoms with Crippen LogP contribution in [-0.2, 0) is 4.79 Å². The van der Waals surface area contributed by atoms with Crippen molar-refractivity contribution < 1.29 is 9.59 Å². The molecule has 1 heterocycles. The molecule has 2 aromatic rings. The second-order valence-corrected chi connectivity index (χ2v) is 6.37. The lowest BCUT2D eigenvalue weighted by Gasteiger charge is -2.10. The van der Waals surface area contributed by atoms with E-state index >= 15 is 0 Å². The predicted molar refractivity (Wildman–Crippen MR) is 82.4 cm³/mol. The normalized spacial score (nSPS) is 13.8. The van der Waals surface area contributed by atoms with Crippen LogP contribution in [0, 0.1) is 0 Å². The van der Waals surface area contributed by atoms with Gasteiger partial charge in [-0.05, 0) is 46.3 Å². The summed E-state index contributed by atoms with van der Waals surface area (Å²) in [7, 11) is 1.62. The van der Waals surface area contributed by atoms with Gasteiger partial charge in [-0.15, -0.1) is 0 Å². The molecule has 0 spiro atoms. The molecule has 0 aromatic heterocycles. The molecule has 0 bridgehead atoms. The Balaban J connectivity index is 1.97. The van der Waals surface area contributed by atoms with Gasteiger partial charge in [-0.25, -0.2) is 0 Å². The predicted octanol–water partition coefficient (Wildman–Crippen LogP) is 3.76. The molecular formula is C15H10BrNO2S. The van der Waals surface area contributed by atoms with E-state index in [1.54, 1.807) is 24.9 Å². The third-order valence-corrected chi connectivity index (χ3v) is 5.16. The Hall–Kier alpha value is -1.59. The molecule has 0 N–H and O–H groups in total.